The molecule has 3 rings (SSSR count). The van der Waals surface area contributed by atoms with Crippen LogP contribution in [0.25, 0.3) is 0 Å². The highest BCUT2D eigenvalue weighted by atomic mass is 127. The molecule has 1 aliphatic heterocycles. The zero-order chi connectivity index (χ0) is 21.6. The number of alkyl halides is 3. The minimum atomic E-state index is -4.50. The fraction of sp³-hybridized carbons (Fsp3) is 0.421. The fourth-order valence-electron chi connectivity index (χ4n) is 3.11. The molecule has 0 radical (unpaired) electrons. The van der Waals surface area contributed by atoms with E-state index >= 15 is 0 Å². The molecule has 31 heavy (non-hydrogen) atoms. The molecule has 0 saturated carbocycles. The molecule has 7 nitrogen and oxygen atoms in total. The lowest BCUT2D eigenvalue weighted by Crippen LogP contribution is -2.53. The van der Waals surface area contributed by atoms with Crippen LogP contribution in [0, 0.1) is 5.82 Å². The van der Waals surface area contributed by atoms with E-state index in [1.165, 1.54) is 12.1 Å². The molecule has 2 aromatic rings. The van der Waals surface area contributed by atoms with Gasteiger partial charge in [-0.1, -0.05) is 0 Å². The van der Waals surface area contributed by atoms with Crippen LogP contribution >= 0.6 is 24.0 Å². The Balaban J connectivity index is 0.00000341. The smallest absolute Gasteiger partial charge is 0.368 e. The van der Waals surface area contributed by atoms with E-state index in [1.807, 2.05) is 0 Å². The van der Waals surface area contributed by atoms with Crippen LogP contribution in [-0.2, 0) is 6.18 Å². The van der Waals surface area contributed by atoms with Crippen LogP contribution in [0.15, 0.2) is 41.5 Å². The van der Waals surface area contributed by atoms with E-state index in [4.69, 9.17) is 0 Å². The molecule has 12 heteroatoms. The van der Waals surface area contributed by atoms with Gasteiger partial charge in [0.15, 0.2) is 5.96 Å². The Morgan fingerprint density at radius 2 is 1.74 bits per heavy atom. The number of nitrogens with one attached hydrogen (secondary N) is 2. The molecular formula is C19H24F4IN7. The van der Waals surface area contributed by atoms with Crippen molar-refractivity contribution in [3.63, 3.8) is 0 Å². The summed E-state index contributed by atoms with van der Waals surface area (Å²) in [4.78, 5) is 15.8. The highest BCUT2D eigenvalue weighted by Gasteiger charge is 2.32. The van der Waals surface area contributed by atoms with Crippen molar-refractivity contribution in [1.82, 2.24) is 20.2 Å². The maximum atomic E-state index is 13.1. The van der Waals surface area contributed by atoms with Gasteiger partial charge >= 0.3 is 6.18 Å². The number of aromatic nitrogens is 2. The zero-order valence-corrected chi connectivity index (χ0v) is 19.2. The second kappa shape index (κ2) is 11.3. The summed E-state index contributed by atoms with van der Waals surface area (Å²) in [5.41, 5.74) is -0.00734. The summed E-state index contributed by atoms with van der Waals surface area (Å²) >= 11 is 0. The summed E-state index contributed by atoms with van der Waals surface area (Å²) < 4.78 is 51.2. The molecule has 0 bridgehead atoms. The summed E-state index contributed by atoms with van der Waals surface area (Å²) in [5, 5.41) is 5.96. The average Bonchev–Trinajstić information content (AvgIpc) is 2.74. The number of rotatable bonds is 5. The first-order chi connectivity index (χ1) is 14.4. The predicted molar refractivity (Wildman–Crippen MR) is 122 cm³/mol. The van der Waals surface area contributed by atoms with Gasteiger partial charge in [0.25, 0.3) is 0 Å². The van der Waals surface area contributed by atoms with E-state index in [0.717, 1.165) is 44.1 Å². The number of anilines is 2. The zero-order valence-electron chi connectivity index (χ0n) is 16.9. The maximum Gasteiger partial charge on any atom is 0.433 e. The Morgan fingerprint density at radius 3 is 2.35 bits per heavy atom. The molecule has 1 aromatic heterocycles. The molecule has 1 aromatic carbocycles. The van der Waals surface area contributed by atoms with Gasteiger partial charge < -0.3 is 20.4 Å². The number of aliphatic imine (C=N–C) groups is 1. The van der Waals surface area contributed by atoms with Gasteiger partial charge in [0.05, 0.1) is 0 Å². The minimum Gasteiger partial charge on any atom is -0.368 e. The van der Waals surface area contributed by atoms with Crippen molar-refractivity contribution >= 4 is 41.6 Å². The third kappa shape index (κ3) is 7.08. The van der Waals surface area contributed by atoms with Crippen molar-refractivity contribution in [2.24, 2.45) is 4.99 Å². The number of piperazine rings is 1. The van der Waals surface area contributed by atoms with Crippen molar-refractivity contribution < 1.29 is 17.6 Å². The van der Waals surface area contributed by atoms with Gasteiger partial charge in [0, 0.05) is 58.2 Å². The van der Waals surface area contributed by atoms with Gasteiger partial charge in [0.2, 0.25) is 5.95 Å². The molecule has 1 fully saturated rings. The number of halogens is 5. The van der Waals surface area contributed by atoms with Crippen molar-refractivity contribution in [3.8, 4) is 0 Å². The van der Waals surface area contributed by atoms with Crippen molar-refractivity contribution in [1.29, 1.82) is 0 Å². The lowest BCUT2D eigenvalue weighted by Gasteiger charge is -2.37. The summed E-state index contributed by atoms with van der Waals surface area (Å²) in [6.07, 6.45) is -3.43. The Bertz CT molecular complexity index is 853. The Labute approximate surface area is 195 Å². The lowest BCUT2D eigenvalue weighted by molar-refractivity contribution is -0.141. The van der Waals surface area contributed by atoms with Gasteiger partial charge in [0.1, 0.15) is 11.5 Å². The quantitative estimate of drug-likeness (QED) is 0.195. The van der Waals surface area contributed by atoms with Crippen LogP contribution in [0.3, 0.4) is 0 Å². The van der Waals surface area contributed by atoms with E-state index in [0.29, 0.717) is 19.0 Å². The van der Waals surface area contributed by atoms with Crippen molar-refractivity contribution in [3.05, 3.63) is 48.0 Å². The molecule has 2 N–H and O–H groups in total. The molecule has 0 unspecified atom stereocenters. The predicted octanol–water partition coefficient (Wildman–Crippen LogP) is 3.06. The SMILES string of the molecule is CN=C(NCCNc1nccc(C(F)(F)F)n1)N1CCN(c2ccc(F)cc2)CC1.I. The van der Waals surface area contributed by atoms with Crippen LogP contribution in [-0.4, -0.2) is 67.1 Å². The Morgan fingerprint density at radius 1 is 1.06 bits per heavy atom. The van der Waals surface area contributed by atoms with Crippen LogP contribution in [0.2, 0.25) is 0 Å². The second-order valence-electron chi connectivity index (χ2n) is 6.61. The standard InChI is InChI=1S/C19H23F4N7.HI/c1-24-18(27-9-8-26-17-25-7-6-16(28-17)19(21,22)23)30-12-10-29(11-13-30)15-4-2-14(20)3-5-15;/h2-7H,8-13H2,1H3,(H,24,27)(H,25,26,28);1H. The van der Waals surface area contributed by atoms with Gasteiger partial charge in [-0.05, 0) is 30.3 Å². The minimum absolute atomic E-state index is 0. The van der Waals surface area contributed by atoms with E-state index < -0.39 is 11.9 Å². The first kappa shape index (κ1) is 24.9. The van der Waals surface area contributed by atoms with Gasteiger partial charge in [-0.2, -0.15) is 13.2 Å². The maximum absolute atomic E-state index is 13.1. The number of hydrogen-bond donors (Lipinski definition) is 2. The molecule has 2 heterocycles. The summed E-state index contributed by atoms with van der Waals surface area (Å²) in [7, 11) is 1.68. The number of benzene rings is 1. The highest BCUT2D eigenvalue weighted by molar-refractivity contribution is 14.0. The second-order valence-corrected chi connectivity index (χ2v) is 6.61. The molecule has 0 atom stereocenters. The first-order valence-electron chi connectivity index (χ1n) is 9.47. The Hall–Kier alpha value is -2.38. The van der Waals surface area contributed by atoms with Crippen LogP contribution < -0.4 is 15.5 Å². The summed E-state index contributed by atoms with van der Waals surface area (Å²) in [6, 6.07) is 7.25. The number of hydrogen-bond acceptors (Lipinski definition) is 5. The molecule has 1 aliphatic rings. The van der Waals surface area contributed by atoms with E-state index in [-0.39, 0.29) is 35.7 Å². The van der Waals surface area contributed by atoms with Crippen molar-refractivity contribution in [2.75, 3.05) is 56.5 Å². The van der Waals surface area contributed by atoms with Crippen LogP contribution in [0.1, 0.15) is 5.69 Å². The largest absolute Gasteiger partial charge is 0.433 e. The molecule has 0 aliphatic carbocycles. The fourth-order valence-corrected chi connectivity index (χ4v) is 3.11. The third-order valence-corrected chi connectivity index (χ3v) is 4.62. The molecule has 0 amide bonds. The van der Waals surface area contributed by atoms with Crippen LogP contribution in [0.4, 0.5) is 29.2 Å². The van der Waals surface area contributed by atoms with Crippen molar-refractivity contribution in [2.45, 2.75) is 6.18 Å². The molecule has 1 saturated heterocycles. The number of guanidine groups is 1. The lowest BCUT2D eigenvalue weighted by atomic mass is 10.2. The monoisotopic (exact) mass is 553 g/mol. The van der Waals surface area contributed by atoms with E-state index in [1.54, 1.807) is 19.2 Å². The van der Waals surface area contributed by atoms with Gasteiger partial charge in [-0.3, -0.25) is 4.99 Å². The normalized spacial score (nSPS) is 14.8. The Kier molecular flexibility index (Phi) is 9.07. The third-order valence-electron chi connectivity index (χ3n) is 4.62. The first-order valence-corrected chi connectivity index (χ1v) is 9.47. The molecular weight excluding hydrogens is 529 g/mol. The van der Waals surface area contributed by atoms with Gasteiger partial charge in [-0.15, -0.1) is 24.0 Å². The number of nitrogens with zero attached hydrogens (tertiary/aromatic N) is 5. The van der Waals surface area contributed by atoms with Crippen LogP contribution in [0.5, 0.6) is 0 Å². The molecule has 0 spiro atoms. The topological polar surface area (TPSA) is 68.7 Å². The average molecular weight is 553 g/mol. The molecule has 170 valence electrons. The van der Waals surface area contributed by atoms with E-state index in [9.17, 15) is 17.6 Å². The highest BCUT2D eigenvalue weighted by Crippen LogP contribution is 2.27. The van der Waals surface area contributed by atoms with Gasteiger partial charge in [-0.25, -0.2) is 14.4 Å². The van der Waals surface area contributed by atoms with E-state index in [2.05, 4.69) is 35.4 Å². The summed E-state index contributed by atoms with van der Waals surface area (Å²) in [6.45, 7) is 3.77. The summed E-state index contributed by atoms with van der Waals surface area (Å²) in [5.74, 6) is 0.376.